The summed E-state index contributed by atoms with van der Waals surface area (Å²) in [4.78, 5) is 34.4. The van der Waals surface area contributed by atoms with Gasteiger partial charge in [-0.2, -0.15) is 13.2 Å². The van der Waals surface area contributed by atoms with Gasteiger partial charge in [-0.1, -0.05) is 6.07 Å². The number of benzene rings is 2. The molecule has 44 heavy (non-hydrogen) atoms. The summed E-state index contributed by atoms with van der Waals surface area (Å²) < 4.78 is 69.3. The summed E-state index contributed by atoms with van der Waals surface area (Å²) in [6, 6.07) is 11.8. The van der Waals surface area contributed by atoms with Crippen LogP contribution in [0.25, 0.3) is 22.2 Å². The van der Waals surface area contributed by atoms with Crippen LogP contribution in [0.15, 0.2) is 60.8 Å². The van der Waals surface area contributed by atoms with Crippen molar-refractivity contribution in [1.82, 2.24) is 15.3 Å². The number of fused-ring (bicyclic) bond motifs is 2. The maximum absolute atomic E-state index is 14.8. The summed E-state index contributed by atoms with van der Waals surface area (Å²) in [7, 11) is 1.36. The van der Waals surface area contributed by atoms with Crippen molar-refractivity contribution in [3.63, 3.8) is 0 Å². The van der Waals surface area contributed by atoms with Crippen molar-refractivity contribution in [2.24, 2.45) is 11.7 Å². The van der Waals surface area contributed by atoms with Crippen molar-refractivity contribution < 1.29 is 41.7 Å². The number of rotatable bonds is 8. The lowest BCUT2D eigenvalue weighted by Crippen LogP contribution is -2.52. The normalized spacial score (nSPS) is 19.1. The molecule has 1 fully saturated rings. The highest BCUT2D eigenvalue weighted by Gasteiger charge is 2.60. The standard InChI is InChI=1S/C31H26F4N4O5/c1-43-22-12-18(11-17-3-2-10-37-24(17)22)27(40)38-14-30(42,31(33,34)35)23-13-21-26(25(39-23)16-4-8-20(32)9-5-16)44-15-29(21,28(36)41)19-6-7-19/h2-5,8-13,19,42H,6-7,14-15H2,1H3,(H2,36,41)(H,38,40)/t29-,30+/m1/s1. The van der Waals surface area contributed by atoms with Crippen molar-refractivity contribution in [3.8, 4) is 22.8 Å². The van der Waals surface area contributed by atoms with Gasteiger partial charge in [-0.25, -0.2) is 9.37 Å². The molecular weight excluding hydrogens is 584 g/mol. The summed E-state index contributed by atoms with van der Waals surface area (Å²) in [5, 5.41) is 14.0. The van der Waals surface area contributed by atoms with Gasteiger partial charge in [-0.3, -0.25) is 14.6 Å². The zero-order chi connectivity index (χ0) is 31.4. The summed E-state index contributed by atoms with van der Waals surface area (Å²) in [6.07, 6.45) is -2.63. The Kier molecular flexibility index (Phi) is 6.95. The van der Waals surface area contributed by atoms with Gasteiger partial charge in [-0.15, -0.1) is 0 Å². The molecule has 1 aliphatic heterocycles. The molecule has 2 amide bonds. The van der Waals surface area contributed by atoms with Crippen LogP contribution in [0.4, 0.5) is 17.6 Å². The molecule has 2 aromatic heterocycles. The van der Waals surface area contributed by atoms with Crippen LogP contribution in [0.2, 0.25) is 0 Å². The number of amides is 2. The fourth-order valence-electron chi connectivity index (χ4n) is 5.70. The van der Waals surface area contributed by atoms with E-state index in [0.29, 0.717) is 23.7 Å². The largest absolute Gasteiger partial charge is 0.494 e. The molecule has 2 aromatic carbocycles. The smallest absolute Gasteiger partial charge is 0.424 e. The number of hydrogen-bond donors (Lipinski definition) is 3. The Morgan fingerprint density at radius 3 is 2.52 bits per heavy atom. The van der Waals surface area contributed by atoms with E-state index in [0.717, 1.165) is 18.2 Å². The van der Waals surface area contributed by atoms with Gasteiger partial charge in [0, 0.05) is 28.3 Å². The average molecular weight is 611 g/mol. The lowest BCUT2D eigenvalue weighted by Gasteiger charge is -2.32. The first kappa shape index (κ1) is 29.3. The second kappa shape index (κ2) is 10.4. The molecule has 0 spiro atoms. The predicted molar refractivity (Wildman–Crippen MR) is 149 cm³/mol. The summed E-state index contributed by atoms with van der Waals surface area (Å²) in [5.41, 5.74) is 0.285. The van der Waals surface area contributed by atoms with Crippen LogP contribution >= 0.6 is 0 Å². The molecule has 13 heteroatoms. The molecule has 3 heterocycles. The topological polar surface area (TPSA) is 137 Å². The number of carbonyl (C=O) groups excluding carboxylic acids is 2. The molecule has 4 N–H and O–H groups in total. The van der Waals surface area contributed by atoms with Crippen LogP contribution in [0.5, 0.6) is 11.5 Å². The van der Waals surface area contributed by atoms with E-state index < -0.39 is 47.1 Å². The number of nitrogens with one attached hydrogen (secondary N) is 1. The van der Waals surface area contributed by atoms with Gasteiger partial charge in [0.15, 0.2) is 0 Å². The van der Waals surface area contributed by atoms with Crippen LogP contribution in [0.1, 0.15) is 34.5 Å². The molecule has 9 nitrogen and oxygen atoms in total. The van der Waals surface area contributed by atoms with Crippen LogP contribution < -0.4 is 20.5 Å². The number of nitrogens with zero attached hydrogens (tertiary/aromatic N) is 2. The number of primary amides is 1. The molecule has 4 aromatic rings. The van der Waals surface area contributed by atoms with Crippen molar-refractivity contribution in [3.05, 3.63) is 83.4 Å². The second-order valence-electron chi connectivity index (χ2n) is 10.9. The highest BCUT2D eigenvalue weighted by molar-refractivity contribution is 6.00. The highest BCUT2D eigenvalue weighted by Crippen LogP contribution is 2.56. The number of aliphatic hydroxyl groups is 1. The maximum Gasteiger partial charge on any atom is 0.424 e. The van der Waals surface area contributed by atoms with Gasteiger partial charge in [0.1, 0.15) is 40.5 Å². The minimum absolute atomic E-state index is 0.0245. The minimum atomic E-state index is -5.35. The lowest BCUT2D eigenvalue weighted by atomic mass is 9.76. The Bertz CT molecular complexity index is 1790. The summed E-state index contributed by atoms with van der Waals surface area (Å²) in [6.45, 7) is -1.55. The van der Waals surface area contributed by atoms with Crippen molar-refractivity contribution >= 4 is 22.7 Å². The van der Waals surface area contributed by atoms with Gasteiger partial charge in [0.2, 0.25) is 11.5 Å². The quantitative estimate of drug-likeness (QED) is 0.255. The van der Waals surface area contributed by atoms with E-state index in [9.17, 15) is 32.3 Å². The number of alkyl halides is 3. The van der Waals surface area contributed by atoms with Crippen LogP contribution in [-0.2, 0) is 15.8 Å². The SMILES string of the molecule is COc1cc(C(=O)NC[C@](O)(c2cc3c(c(-c4ccc(F)cc4)n2)OC[C@@]3(C(N)=O)C2CC2)C(F)(F)F)cc2cccnc12. The number of carbonyl (C=O) groups is 2. The van der Waals surface area contributed by atoms with E-state index in [1.807, 2.05) is 0 Å². The van der Waals surface area contributed by atoms with Crippen LogP contribution in [0, 0.1) is 11.7 Å². The van der Waals surface area contributed by atoms with Crippen molar-refractivity contribution in [2.75, 3.05) is 20.3 Å². The van der Waals surface area contributed by atoms with Gasteiger partial charge < -0.3 is 25.6 Å². The third-order valence-electron chi connectivity index (χ3n) is 8.28. The fraction of sp³-hybridized carbons (Fsp3) is 0.290. The number of hydrogen-bond acceptors (Lipinski definition) is 7. The summed E-state index contributed by atoms with van der Waals surface area (Å²) in [5.74, 6) is -2.34. The lowest BCUT2D eigenvalue weighted by molar-refractivity contribution is -0.265. The Hall–Kier alpha value is -4.78. The molecule has 0 unspecified atom stereocenters. The molecule has 0 saturated heterocycles. The van der Waals surface area contributed by atoms with Crippen molar-refractivity contribution in [2.45, 2.75) is 30.0 Å². The molecule has 2 atom stereocenters. The maximum atomic E-state index is 14.8. The zero-order valence-electron chi connectivity index (χ0n) is 23.2. The van der Waals surface area contributed by atoms with Gasteiger partial charge >= 0.3 is 6.18 Å². The van der Waals surface area contributed by atoms with E-state index in [2.05, 4.69) is 15.3 Å². The molecule has 6 rings (SSSR count). The zero-order valence-corrected chi connectivity index (χ0v) is 23.2. The van der Waals surface area contributed by atoms with E-state index in [1.54, 1.807) is 12.1 Å². The second-order valence-corrected chi connectivity index (χ2v) is 10.9. The third kappa shape index (κ3) is 4.67. The van der Waals surface area contributed by atoms with Gasteiger partial charge in [0.25, 0.3) is 5.91 Å². The van der Waals surface area contributed by atoms with E-state index in [4.69, 9.17) is 15.2 Å². The number of aromatic nitrogens is 2. The number of pyridine rings is 2. The predicted octanol–water partition coefficient (Wildman–Crippen LogP) is 4.15. The summed E-state index contributed by atoms with van der Waals surface area (Å²) >= 11 is 0. The molecule has 2 aliphatic rings. The first-order valence-electron chi connectivity index (χ1n) is 13.6. The van der Waals surface area contributed by atoms with Crippen LogP contribution in [-0.4, -0.2) is 53.3 Å². The monoisotopic (exact) mass is 610 g/mol. The molecule has 1 aliphatic carbocycles. The Morgan fingerprint density at radius 1 is 1.16 bits per heavy atom. The Balaban J connectivity index is 1.45. The van der Waals surface area contributed by atoms with Gasteiger partial charge in [0.05, 0.1) is 19.3 Å². The first-order chi connectivity index (χ1) is 20.9. The Morgan fingerprint density at radius 2 is 1.89 bits per heavy atom. The van der Waals surface area contributed by atoms with E-state index in [-0.39, 0.29) is 46.4 Å². The number of ether oxygens (including phenoxy) is 2. The first-order valence-corrected chi connectivity index (χ1v) is 13.6. The van der Waals surface area contributed by atoms with E-state index in [1.165, 1.54) is 37.6 Å². The van der Waals surface area contributed by atoms with Gasteiger partial charge in [-0.05, 0) is 67.3 Å². The van der Waals surface area contributed by atoms with E-state index >= 15 is 0 Å². The van der Waals surface area contributed by atoms with Crippen LogP contribution in [0.3, 0.4) is 0 Å². The average Bonchev–Trinajstić information content (AvgIpc) is 3.78. The third-order valence-corrected chi connectivity index (χ3v) is 8.28. The molecule has 0 radical (unpaired) electrons. The Labute approximate surface area is 248 Å². The minimum Gasteiger partial charge on any atom is -0.494 e. The fourth-order valence-corrected chi connectivity index (χ4v) is 5.70. The van der Waals surface area contributed by atoms with Crippen molar-refractivity contribution in [1.29, 1.82) is 0 Å². The molecule has 1 saturated carbocycles. The number of nitrogens with two attached hydrogens (primary N) is 1. The number of halogens is 4. The highest BCUT2D eigenvalue weighted by atomic mass is 19.4. The molecular formula is C31H26F4N4O5. The molecule has 228 valence electrons. The molecule has 0 bridgehead atoms. The number of methoxy groups -OCH3 is 1.